The molecular formula is C59H39NO. The van der Waals surface area contributed by atoms with E-state index in [1.54, 1.807) is 0 Å². The van der Waals surface area contributed by atoms with Gasteiger partial charge >= 0.3 is 0 Å². The molecule has 61 heavy (non-hydrogen) atoms. The van der Waals surface area contributed by atoms with Crippen LogP contribution in [0.2, 0.25) is 0 Å². The maximum absolute atomic E-state index is 6.90. The molecule has 0 bridgehead atoms. The van der Waals surface area contributed by atoms with Crippen LogP contribution < -0.4 is 4.90 Å². The van der Waals surface area contributed by atoms with E-state index in [1.807, 2.05) is 0 Å². The van der Waals surface area contributed by atoms with Gasteiger partial charge in [-0.05, 0) is 109 Å². The number of rotatable bonds is 7. The summed E-state index contributed by atoms with van der Waals surface area (Å²) in [5, 5.41) is 4.65. The molecule has 1 aliphatic carbocycles. The van der Waals surface area contributed by atoms with Crippen LogP contribution in [0.4, 0.5) is 17.1 Å². The fourth-order valence-electron chi connectivity index (χ4n) is 10.1. The summed E-state index contributed by atoms with van der Waals surface area (Å²) in [5.74, 6) is 0. The Morgan fingerprint density at radius 1 is 0.311 bits per heavy atom. The molecule has 0 saturated carbocycles. The molecule has 1 aliphatic rings. The second-order valence-corrected chi connectivity index (χ2v) is 16.0. The van der Waals surface area contributed by atoms with Crippen molar-refractivity contribution in [2.24, 2.45) is 0 Å². The molecule has 0 aliphatic heterocycles. The topological polar surface area (TPSA) is 16.4 Å². The first-order chi connectivity index (χ1) is 30.3. The van der Waals surface area contributed by atoms with Crippen molar-refractivity contribution in [2.45, 2.75) is 5.41 Å². The predicted octanol–water partition coefficient (Wildman–Crippen LogP) is 15.9. The minimum Gasteiger partial charge on any atom is -0.456 e. The van der Waals surface area contributed by atoms with Crippen molar-refractivity contribution in [1.82, 2.24) is 0 Å². The molecule has 0 N–H and O–H groups in total. The Morgan fingerprint density at radius 2 is 0.836 bits per heavy atom. The number of hydrogen-bond donors (Lipinski definition) is 0. The Bertz CT molecular complexity index is 3350. The van der Waals surface area contributed by atoms with E-state index in [1.165, 1.54) is 66.4 Å². The van der Waals surface area contributed by atoms with Crippen LogP contribution in [-0.2, 0) is 5.41 Å². The highest BCUT2D eigenvalue weighted by atomic mass is 16.3. The van der Waals surface area contributed by atoms with E-state index in [2.05, 4.69) is 241 Å². The van der Waals surface area contributed by atoms with Crippen molar-refractivity contribution in [3.05, 3.63) is 259 Å². The van der Waals surface area contributed by atoms with Gasteiger partial charge in [0, 0.05) is 33.9 Å². The summed E-state index contributed by atoms with van der Waals surface area (Å²) in [5.41, 5.74) is 16.6. The van der Waals surface area contributed by atoms with Gasteiger partial charge in [0.2, 0.25) is 0 Å². The first-order valence-corrected chi connectivity index (χ1v) is 21.0. The summed E-state index contributed by atoms with van der Waals surface area (Å²) < 4.78 is 6.90. The van der Waals surface area contributed by atoms with Crippen LogP contribution in [0.1, 0.15) is 22.3 Å². The quantitative estimate of drug-likeness (QED) is 0.160. The molecule has 0 atom stereocenters. The highest BCUT2D eigenvalue weighted by molar-refractivity contribution is 6.22. The monoisotopic (exact) mass is 777 g/mol. The zero-order valence-electron chi connectivity index (χ0n) is 33.4. The maximum Gasteiger partial charge on any atom is 0.137 e. The number of anilines is 3. The molecular weight excluding hydrogens is 739 g/mol. The highest BCUT2D eigenvalue weighted by Crippen LogP contribution is 2.57. The van der Waals surface area contributed by atoms with Gasteiger partial charge in [-0.15, -0.1) is 0 Å². The van der Waals surface area contributed by atoms with E-state index >= 15 is 0 Å². The van der Waals surface area contributed by atoms with Crippen molar-refractivity contribution in [2.75, 3.05) is 4.90 Å². The van der Waals surface area contributed by atoms with Crippen LogP contribution in [0.3, 0.4) is 0 Å². The molecule has 0 fully saturated rings. The normalized spacial score (nSPS) is 12.7. The molecule has 12 rings (SSSR count). The smallest absolute Gasteiger partial charge is 0.137 e. The summed E-state index contributed by atoms with van der Waals surface area (Å²) >= 11 is 0. The van der Waals surface area contributed by atoms with E-state index in [0.717, 1.165) is 39.0 Å². The summed E-state index contributed by atoms with van der Waals surface area (Å²) in [4.78, 5) is 2.39. The van der Waals surface area contributed by atoms with Gasteiger partial charge in [0.1, 0.15) is 11.2 Å². The van der Waals surface area contributed by atoms with Crippen LogP contribution >= 0.6 is 0 Å². The molecule has 11 aromatic rings. The Morgan fingerprint density at radius 3 is 1.54 bits per heavy atom. The third kappa shape index (κ3) is 5.50. The lowest BCUT2D eigenvalue weighted by Crippen LogP contribution is -2.28. The molecule has 2 nitrogen and oxygen atoms in total. The van der Waals surface area contributed by atoms with Gasteiger partial charge in [0.15, 0.2) is 0 Å². The average Bonchev–Trinajstić information content (AvgIpc) is 3.86. The minimum atomic E-state index is -0.520. The van der Waals surface area contributed by atoms with Gasteiger partial charge in [-0.25, -0.2) is 0 Å². The van der Waals surface area contributed by atoms with Crippen LogP contribution in [-0.4, -0.2) is 0 Å². The molecule has 286 valence electrons. The molecule has 0 radical (unpaired) electrons. The molecule has 10 aromatic carbocycles. The minimum absolute atomic E-state index is 0.520. The van der Waals surface area contributed by atoms with Crippen molar-refractivity contribution in [3.63, 3.8) is 0 Å². The van der Waals surface area contributed by atoms with Gasteiger partial charge < -0.3 is 9.32 Å². The van der Waals surface area contributed by atoms with E-state index in [-0.39, 0.29) is 0 Å². The fraction of sp³-hybridized carbons (Fsp3) is 0.0169. The molecule has 0 amide bonds. The second-order valence-electron chi connectivity index (χ2n) is 16.0. The van der Waals surface area contributed by atoms with Crippen molar-refractivity contribution < 1.29 is 4.42 Å². The van der Waals surface area contributed by atoms with Gasteiger partial charge in [-0.3, -0.25) is 0 Å². The van der Waals surface area contributed by atoms with Crippen LogP contribution in [0, 0.1) is 0 Å². The number of hydrogen-bond acceptors (Lipinski definition) is 2. The number of furan rings is 1. The van der Waals surface area contributed by atoms with E-state index in [9.17, 15) is 0 Å². The van der Waals surface area contributed by atoms with Gasteiger partial charge in [0.05, 0.1) is 5.41 Å². The van der Waals surface area contributed by atoms with Crippen molar-refractivity contribution in [1.29, 1.82) is 0 Å². The first-order valence-electron chi connectivity index (χ1n) is 21.0. The summed E-state index contributed by atoms with van der Waals surface area (Å²) in [6, 6.07) is 85.8. The average molecular weight is 778 g/mol. The summed E-state index contributed by atoms with van der Waals surface area (Å²) in [6.07, 6.45) is 0. The zero-order chi connectivity index (χ0) is 40.3. The Hall–Kier alpha value is -7.94. The van der Waals surface area contributed by atoms with E-state index in [4.69, 9.17) is 4.42 Å². The number of benzene rings is 10. The fourth-order valence-corrected chi connectivity index (χ4v) is 10.1. The van der Waals surface area contributed by atoms with Crippen molar-refractivity contribution >= 4 is 49.8 Å². The predicted molar refractivity (Wildman–Crippen MR) is 254 cm³/mol. The lowest BCUT2D eigenvalue weighted by molar-refractivity contribution is 0.669. The molecule has 0 saturated heterocycles. The maximum atomic E-state index is 6.90. The molecule has 2 heteroatoms. The van der Waals surface area contributed by atoms with Gasteiger partial charge in [-0.1, -0.05) is 188 Å². The summed E-state index contributed by atoms with van der Waals surface area (Å²) in [7, 11) is 0. The number of fused-ring (bicyclic) bond motifs is 8. The van der Waals surface area contributed by atoms with Gasteiger partial charge in [0.25, 0.3) is 0 Å². The molecule has 0 unspecified atom stereocenters. The molecule has 1 heterocycles. The van der Waals surface area contributed by atoms with Gasteiger partial charge in [-0.2, -0.15) is 0 Å². The molecule has 1 aromatic heterocycles. The summed E-state index contributed by atoms with van der Waals surface area (Å²) in [6.45, 7) is 0. The third-order valence-corrected chi connectivity index (χ3v) is 12.7. The van der Waals surface area contributed by atoms with E-state index < -0.39 is 5.41 Å². The zero-order valence-corrected chi connectivity index (χ0v) is 33.4. The number of nitrogens with zero attached hydrogens (tertiary/aromatic N) is 1. The SMILES string of the molecule is c1ccc(-c2ccc(N(c3ccc4c(c3)C(c3ccccc3)(c3ccccc3)c3ccccc3-4)c3ccc4c(c3)oc3cc(-c5ccccc5)c5ccccc5c34)cc2)cc1. The highest BCUT2D eigenvalue weighted by Gasteiger charge is 2.46. The molecule has 0 spiro atoms. The largest absolute Gasteiger partial charge is 0.456 e. The second kappa shape index (κ2) is 14.1. The van der Waals surface area contributed by atoms with Crippen LogP contribution in [0.25, 0.3) is 66.1 Å². The van der Waals surface area contributed by atoms with Crippen molar-refractivity contribution in [3.8, 4) is 33.4 Å². The Labute approximate surface area is 355 Å². The Kier molecular flexibility index (Phi) is 8.11. The first kappa shape index (κ1) is 35.0. The van der Waals surface area contributed by atoms with Crippen LogP contribution in [0.15, 0.2) is 241 Å². The lowest BCUT2D eigenvalue weighted by atomic mass is 9.67. The third-order valence-electron chi connectivity index (χ3n) is 12.7. The lowest BCUT2D eigenvalue weighted by Gasteiger charge is -2.35. The standard InChI is InChI=1S/C59H39NO/c1-5-17-40(18-6-1)41-29-31-45(32-30-41)60(47-34-36-52-56(38-47)61-57-39-53(42-19-7-2-8-20-42)48-25-13-14-27-51(48)58(52)57)46-33-35-50-49-26-15-16-28-54(49)59(55(50)37-46,43-21-9-3-10-22-43)44-23-11-4-12-24-44/h1-39H. The Balaban J connectivity index is 1.09. The van der Waals surface area contributed by atoms with E-state index in [0.29, 0.717) is 0 Å². The van der Waals surface area contributed by atoms with Crippen LogP contribution in [0.5, 0.6) is 0 Å².